The Bertz CT molecular complexity index is 302. The minimum atomic E-state index is -5.01. The van der Waals surface area contributed by atoms with Gasteiger partial charge >= 0.3 is 12.4 Å². The van der Waals surface area contributed by atoms with Gasteiger partial charge in [-0.3, -0.25) is 0 Å². The van der Waals surface area contributed by atoms with Crippen molar-refractivity contribution in [2.24, 2.45) is 0 Å². The molecular formula is C7H7F6N3. The van der Waals surface area contributed by atoms with Crippen LogP contribution in [0.15, 0.2) is 6.33 Å². The van der Waals surface area contributed by atoms with E-state index in [2.05, 4.69) is 15.0 Å². The largest absolute Gasteiger partial charge is 0.451 e. The zero-order valence-electron chi connectivity index (χ0n) is 8.19. The van der Waals surface area contributed by atoms with Crippen LogP contribution in [0.5, 0.6) is 0 Å². The van der Waals surface area contributed by atoms with E-state index in [1.807, 2.05) is 13.8 Å². The van der Waals surface area contributed by atoms with E-state index in [0.29, 0.717) is 0 Å². The van der Waals surface area contributed by atoms with E-state index in [0.717, 1.165) is 0 Å². The van der Waals surface area contributed by atoms with Crippen molar-refractivity contribution in [3.8, 4) is 0 Å². The first-order chi connectivity index (χ1) is 7.21. The fraction of sp³-hybridized carbons (Fsp3) is 0.571. The minimum Gasteiger partial charge on any atom is -0.213 e. The Morgan fingerprint density at radius 2 is 1.12 bits per heavy atom. The summed E-state index contributed by atoms with van der Waals surface area (Å²) in [7, 11) is 0. The quantitative estimate of drug-likeness (QED) is 0.661. The van der Waals surface area contributed by atoms with Crippen LogP contribution in [0, 0.1) is 0 Å². The zero-order valence-corrected chi connectivity index (χ0v) is 8.19. The molecule has 0 N–H and O–H groups in total. The summed E-state index contributed by atoms with van der Waals surface area (Å²) >= 11 is 0. The van der Waals surface area contributed by atoms with Gasteiger partial charge in [-0.1, -0.05) is 13.8 Å². The van der Waals surface area contributed by atoms with Crippen LogP contribution >= 0.6 is 0 Å². The highest BCUT2D eigenvalue weighted by molar-refractivity contribution is 4.97. The van der Waals surface area contributed by atoms with Crippen LogP contribution in [0.2, 0.25) is 0 Å². The van der Waals surface area contributed by atoms with Crippen LogP contribution in [0.3, 0.4) is 0 Å². The molecule has 0 unspecified atom stereocenters. The summed E-state index contributed by atoms with van der Waals surface area (Å²) in [5.41, 5.74) is 0. The number of rotatable bonds is 0. The third-order valence-corrected chi connectivity index (χ3v) is 1.08. The number of nitrogens with zero attached hydrogens (tertiary/aromatic N) is 3. The summed E-state index contributed by atoms with van der Waals surface area (Å²) in [6.07, 6.45) is -9.86. The molecule has 0 aliphatic heterocycles. The number of hydrogen-bond donors (Lipinski definition) is 0. The molecule has 0 saturated carbocycles. The normalized spacial score (nSPS) is 11.8. The smallest absolute Gasteiger partial charge is 0.213 e. The molecule has 9 heteroatoms. The lowest BCUT2D eigenvalue weighted by Gasteiger charge is -2.07. The molecule has 0 bridgehead atoms. The van der Waals surface area contributed by atoms with E-state index < -0.39 is 24.0 Å². The van der Waals surface area contributed by atoms with Crippen molar-refractivity contribution < 1.29 is 26.3 Å². The lowest BCUT2D eigenvalue weighted by atomic mass is 10.5. The van der Waals surface area contributed by atoms with Gasteiger partial charge in [-0.2, -0.15) is 26.3 Å². The molecule has 0 aromatic carbocycles. The van der Waals surface area contributed by atoms with Crippen LogP contribution in [0.4, 0.5) is 26.3 Å². The molecule has 1 heterocycles. The Morgan fingerprint density at radius 1 is 0.812 bits per heavy atom. The Morgan fingerprint density at radius 3 is 1.38 bits per heavy atom. The lowest BCUT2D eigenvalue weighted by molar-refractivity contribution is -0.155. The standard InChI is InChI=1S/C5HF6N3.C2H6/c6-4(7,8)2-12-1-13-3(14-2)5(9,10)11;1-2/h1H;1-2H3. The van der Waals surface area contributed by atoms with Gasteiger partial charge in [0.25, 0.3) is 0 Å². The Labute approximate surface area is 86.5 Å². The molecule has 0 amide bonds. The predicted octanol–water partition coefficient (Wildman–Crippen LogP) is 2.94. The van der Waals surface area contributed by atoms with Gasteiger partial charge in [0.15, 0.2) is 0 Å². The first-order valence-corrected chi connectivity index (χ1v) is 4.04. The number of aromatic nitrogens is 3. The zero-order chi connectivity index (χ0) is 13.0. The number of halogens is 6. The summed E-state index contributed by atoms with van der Waals surface area (Å²) in [4.78, 5) is 7.40. The van der Waals surface area contributed by atoms with E-state index in [1.165, 1.54) is 0 Å². The van der Waals surface area contributed by atoms with E-state index in [9.17, 15) is 26.3 Å². The second kappa shape index (κ2) is 5.08. The van der Waals surface area contributed by atoms with Crippen LogP contribution in [-0.2, 0) is 12.4 Å². The van der Waals surface area contributed by atoms with Crippen molar-refractivity contribution in [3.63, 3.8) is 0 Å². The topological polar surface area (TPSA) is 38.7 Å². The summed E-state index contributed by atoms with van der Waals surface area (Å²) in [5, 5.41) is 0. The van der Waals surface area contributed by atoms with Gasteiger partial charge in [0.05, 0.1) is 0 Å². The first kappa shape index (κ1) is 14.6. The molecule has 0 fully saturated rings. The van der Waals surface area contributed by atoms with Crippen LogP contribution in [0.1, 0.15) is 25.5 Å². The molecule has 0 radical (unpaired) electrons. The summed E-state index contributed by atoms with van der Waals surface area (Å²) in [5.74, 6) is -3.72. The third kappa shape index (κ3) is 3.99. The van der Waals surface area contributed by atoms with Crippen LogP contribution in [-0.4, -0.2) is 15.0 Å². The van der Waals surface area contributed by atoms with Gasteiger partial charge in [0.1, 0.15) is 6.33 Å². The molecular weight excluding hydrogens is 240 g/mol. The highest BCUT2D eigenvalue weighted by Gasteiger charge is 2.40. The summed E-state index contributed by atoms with van der Waals surface area (Å²) < 4.78 is 71.0. The van der Waals surface area contributed by atoms with Crippen molar-refractivity contribution in [2.45, 2.75) is 26.2 Å². The lowest BCUT2D eigenvalue weighted by Crippen LogP contribution is -2.18. The fourth-order valence-electron chi connectivity index (χ4n) is 0.569. The maximum absolute atomic E-state index is 11.8. The van der Waals surface area contributed by atoms with Crippen LogP contribution < -0.4 is 0 Å². The molecule has 0 atom stereocenters. The van der Waals surface area contributed by atoms with Crippen LogP contribution in [0.25, 0.3) is 0 Å². The molecule has 1 aromatic heterocycles. The van der Waals surface area contributed by atoms with E-state index in [1.54, 1.807) is 0 Å². The summed E-state index contributed by atoms with van der Waals surface area (Å²) in [6, 6.07) is 0. The van der Waals surface area contributed by atoms with Crippen molar-refractivity contribution in [1.82, 2.24) is 15.0 Å². The molecule has 92 valence electrons. The Balaban J connectivity index is 0.00000106. The highest BCUT2D eigenvalue weighted by atomic mass is 19.4. The maximum atomic E-state index is 11.8. The fourth-order valence-corrected chi connectivity index (χ4v) is 0.569. The monoisotopic (exact) mass is 247 g/mol. The van der Waals surface area contributed by atoms with Crippen molar-refractivity contribution in [2.75, 3.05) is 0 Å². The van der Waals surface area contributed by atoms with Gasteiger partial charge in [-0.15, -0.1) is 0 Å². The van der Waals surface area contributed by atoms with Gasteiger partial charge < -0.3 is 0 Å². The van der Waals surface area contributed by atoms with Crippen molar-refractivity contribution in [3.05, 3.63) is 18.0 Å². The number of alkyl halides is 6. The average molecular weight is 247 g/mol. The van der Waals surface area contributed by atoms with Gasteiger partial charge in [-0.05, 0) is 0 Å². The second-order valence-corrected chi connectivity index (χ2v) is 2.13. The minimum absolute atomic E-state index is 0.165. The molecule has 3 nitrogen and oxygen atoms in total. The van der Waals surface area contributed by atoms with E-state index in [-0.39, 0.29) is 6.33 Å². The van der Waals surface area contributed by atoms with E-state index >= 15 is 0 Å². The average Bonchev–Trinajstić information content (AvgIpc) is 2.18. The SMILES string of the molecule is CC.FC(F)(F)c1ncnc(C(F)(F)F)n1. The molecule has 0 aliphatic rings. The molecule has 16 heavy (non-hydrogen) atoms. The first-order valence-electron chi connectivity index (χ1n) is 4.04. The Hall–Kier alpha value is -1.41. The Kier molecular flexibility index (Phi) is 4.63. The van der Waals surface area contributed by atoms with Gasteiger partial charge in [-0.25, -0.2) is 15.0 Å². The van der Waals surface area contributed by atoms with Gasteiger partial charge in [0.2, 0.25) is 11.6 Å². The second-order valence-electron chi connectivity index (χ2n) is 2.13. The molecule has 0 saturated heterocycles. The van der Waals surface area contributed by atoms with Crippen molar-refractivity contribution >= 4 is 0 Å². The maximum Gasteiger partial charge on any atom is 0.451 e. The molecule has 1 rings (SSSR count). The third-order valence-electron chi connectivity index (χ3n) is 1.08. The molecule has 1 aromatic rings. The number of hydrogen-bond acceptors (Lipinski definition) is 3. The van der Waals surface area contributed by atoms with Crippen molar-refractivity contribution in [1.29, 1.82) is 0 Å². The highest BCUT2D eigenvalue weighted by Crippen LogP contribution is 2.29. The molecule has 0 spiro atoms. The predicted molar refractivity (Wildman–Crippen MR) is 41.2 cm³/mol. The molecule has 0 aliphatic carbocycles. The van der Waals surface area contributed by atoms with Gasteiger partial charge in [0, 0.05) is 0 Å². The van der Waals surface area contributed by atoms with E-state index in [4.69, 9.17) is 0 Å². The summed E-state index contributed by atoms with van der Waals surface area (Å²) in [6.45, 7) is 4.00.